The molecule has 30 heavy (non-hydrogen) atoms. The van der Waals surface area contributed by atoms with Gasteiger partial charge in [0.05, 0.1) is 17.8 Å². The first-order valence-electron chi connectivity index (χ1n) is 11.8. The molecule has 5 atom stereocenters. The van der Waals surface area contributed by atoms with Crippen molar-refractivity contribution in [2.24, 2.45) is 17.3 Å². The van der Waals surface area contributed by atoms with Gasteiger partial charge in [0.25, 0.3) is 0 Å². The van der Waals surface area contributed by atoms with E-state index in [1.165, 1.54) is 36.8 Å². The average Bonchev–Trinajstić information content (AvgIpc) is 3.00. The van der Waals surface area contributed by atoms with Crippen LogP contribution in [0.2, 0.25) is 0 Å². The van der Waals surface area contributed by atoms with Gasteiger partial charge in [-0.2, -0.15) is 0 Å². The predicted molar refractivity (Wildman–Crippen MR) is 124 cm³/mol. The molecular formula is C27H42O3. The van der Waals surface area contributed by atoms with Gasteiger partial charge in [-0.25, -0.2) is 0 Å². The number of rotatable bonds is 6. The Morgan fingerprint density at radius 2 is 1.83 bits per heavy atom. The Balaban J connectivity index is 1.68. The van der Waals surface area contributed by atoms with Crippen LogP contribution in [0.4, 0.5) is 0 Å². The second-order valence-corrected chi connectivity index (χ2v) is 10.9. The fraction of sp³-hybridized carbons (Fsp3) is 0.704. The zero-order valence-corrected chi connectivity index (χ0v) is 19.3. The fourth-order valence-electron chi connectivity index (χ4n) is 6.26. The molecule has 3 fully saturated rings. The van der Waals surface area contributed by atoms with Gasteiger partial charge in [0.15, 0.2) is 0 Å². The lowest BCUT2D eigenvalue weighted by molar-refractivity contribution is 0.0683. The maximum atomic E-state index is 10.1. The molecule has 0 aromatic heterocycles. The van der Waals surface area contributed by atoms with Crippen LogP contribution in [0.5, 0.6) is 0 Å². The minimum absolute atomic E-state index is 0.286. The quantitative estimate of drug-likeness (QED) is 0.494. The topological polar surface area (TPSA) is 60.7 Å². The molecule has 0 aromatic rings. The van der Waals surface area contributed by atoms with E-state index in [1.54, 1.807) is 0 Å². The Hall–Kier alpha value is -1.16. The maximum absolute atomic E-state index is 10.1. The maximum Gasteiger partial charge on any atom is 0.0809 e. The van der Waals surface area contributed by atoms with Crippen LogP contribution in [-0.2, 0) is 0 Å². The average molecular weight is 415 g/mol. The summed E-state index contributed by atoms with van der Waals surface area (Å²) in [7, 11) is 0. The van der Waals surface area contributed by atoms with Crippen molar-refractivity contribution in [2.45, 2.75) is 103 Å². The summed E-state index contributed by atoms with van der Waals surface area (Å²) in [6, 6.07) is 0. The van der Waals surface area contributed by atoms with Crippen molar-refractivity contribution in [3.63, 3.8) is 0 Å². The summed E-state index contributed by atoms with van der Waals surface area (Å²) in [5.74, 6) is 1.18. The van der Waals surface area contributed by atoms with Gasteiger partial charge in [-0.3, -0.25) is 0 Å². The summed E-state index contributed by atoms with van der Waals surface area (Å²) in [5.41, 5.74) is 4.27. The molecule has 0 amide bonds. The van der Waals surface area contributed by atoms with Crippen LogP contribution < -0.4 is 0 Å². The summed E-state index contributed by atoms with van der Waals surface area (Å²) >= 11 is 0. The smallest absolute Gasteiger partial charge is 0.0809 e. The highest BCUT2D eigenvalue weighted by molar-refractivity contribution is 5.30. The molecule has 0 spiro atoms. The van der Waals surface area contributed by atoms with Crippen LogP contribution in [-0.4, -0.2) is 33.1 Å². The highest BCUT2D eigenvalue weighted by atomic mass is 16.3. The number of hydrogen-bond acceptors (Lipinski definition) is 3. The summed E-state index contributed by atoms with van der Waals surface area (Å²) in [4.78, 5) is 0. The zero-order chi connectivity index (χ0) is 22.1. The van der Waals surface area contributed by atoms with Crippen molar-refractivity contribution < 1.29 is 15.3 Å². The second kappa shape index (κ2) is 9.14. The standard InChI is InChI=1S/C27H42O3/c1-18(8-6-14-26(3,4)30)22-12-13-23-21(9-7-15-27(22,23)5)11-10-20-16-24(28)19(2)25(29)17-20/h10-11,22-25,28-30H,1-2,6-9,12-17H2,3-5H3/b21-11+/t22-,23+,24-,25-,27-/m1/s1. The molecule has 3 N–H and O–H groups in total. The zero-order valence-electron chi connectivity index (χ0n) is 19.3. The predicted octanol–water partition coefficient (Wildman–Crippen LogP) is 5.62. The first-order chi connectivity index (χ1) is 14.0. The molecule has 0 aromatic carbocycles. The summed E-state index contributed by atoms with van der Waals surface area (Å²) < 4.78 is 0. The van der Waals surface area contributed by atoms with Gasteiger partial charge < -0.3 is 15.3 Å². The Bertz CT molecular complexity index is 707. The SMILES string of the molecule is C=C1[C@H](O)CC(=C/C=C2\CCC[C@]3(C)[C@@H](C(=C)CCCC(C)(C)O)CC[C@@H]23)C[C@H]1O. The number of allylic oxidation sites excluding steroid dienone is 4. The Kier molecular flexibility index (Phi) is 7.16. The van der Waals surface area contributed by atoms with Crippen LogP contribution in [0.1, 0.15) is 85.0 Å². The van der Waals surface area contributed by atoms with E-state index in [4.69, 9.17) is 0 Å². The summed E-state index contributed by atoms with van der Waals surface area (Å²) in [6.07, 6.45) is 13.3. The molecule has 3 heteroatoms. The molecular weight excluding hydrogens is 372 g/mol. The molecule has 0 bridgehead atoms. The van der Waals surface area contributed by atoms with Gasteiger partial charge in [-0.05, 0) is 101 Å². The molecule has 0 unspecified atom stereocenters. The molecule has 3 aliphatic carbocycles. The number of hydrogen-bond donors (Lipinski definition) is 3. The molecule has 0 aliphatic heterocycles. The van der Waals surface area contributed by atoms with E-state index in [0.29, 0.717) is 30.3 Å². The van der Waals surface area contributed by atoms with Crippen LogP contribution in [0.3, 0.4) is 0 Å². The van der Waals surface area contributed by atoms with Crippen LogP contribution >= 0.6 is 0 Å². The fourth-order valence-corrected chi connectivity index (χ4v) is 6.26. The molecule has 3 rings (SSSR count). The van der Waals surface area contributed by atoms with Gasteiger partial charge in [0.1, 0.15) is 0 Å². The molecule has 0 saturated heterocycles. The number of aliphatic hydroxyl groups is 3. The van der Waals surface area contributed by atoms with Gasteiger partial charge in [0, 0.05) is 0 Å². The summed E-state index contributed by atoms with van der Waals surface area (Å²) in [5, 5.41) is 30.2. The lowest BCUT2D eigenvalue weighted by Gasteiger charge is -2.43. The van der Waals surface area contributed by atoms with Gasteiger partial charge in [-0.15, -0.1) is 0 Å². The molecule has 168 valence electrons. The lowest BCUT2D eigenvalue weighted by Crippen LogP contribution is -2.34. The van der Waals surface area contributed by atoms with Gasteiger partial charge >= 0.3 is 0 Å². The molecule has 0 radical (unpaired) electrons. The van der Waals surface area contributed by atoms with Crippen molar-refractivity contribution in [1.82, 2.24) is 0 Å². The van der Waals surface area contributed by atoms with Crippen molar-refractivity contribution in [2.75, 3.05) is 0 Å². The number of fused-ring (bicyclic) bond motifs is 1. The van der Waals surface area contributed by atoms with E-state index in [-0.39, 0.29) is 5.41 Å². The Morgan fingerprint density at radius 3 is 2.47 bits per heavy atom. The van der Waals surface area contributed by atoms with Gasteiger partial charge in [0.2, 0.25) is 0 Å². The normalized spacial score (nSPS) is 36.1. The van der Waals surface area contributed by atoms with Gasteiger partial charge in [-0.1, -0.05) is 49.0 Å². The third-order valence-electron chi connectivity index (χ3n) is 8.04. The van der Waals surface area contributed by atoms with Crippen LogP contribution in [0, 0.1) is 17.3 Å². The van der Waals surface area contributed by atoms with E-state index in [1.807, 2.05) is 13.8 Å². The molecule has 3 nitrogen and oxygen atoms in total. The largest absolute Gasteiger partial charge is 0.390 e. The van der Waals surface area contributed by atoms with Crippen molar-refractivity contribution in [1.29, 1.82) is 0 Å². The van der Waals surface area contributed by atoms with Crippen LogP contribution in [0.15, 0.2) is 47.6 Å². The minimum Gasteiger partial charge on any atom is -0.390 e. The Labute approximate surface area is 183 Å². The molecule has 3 aliphatic rings. The molecule has 0 heterocycles. The Morgan fingerprint density at radius 1 is 1.17 bits per heavy atom. The third-order valence-corrected chi connectivity index (χ3v) is 8.04. The minimum atomic E-state index is -0.627. The third kappa shape index (κ3) is 5.18. The summed E-state index contributed by atoms with van der Waals surface area (Å²) in [6.45, 7) is 14.5. The van der Waals surface area contributed by atoms with E-state index < -0.39 is 17.8 Å². The second-order valence-electron chi connectivity index (χ2n) is 10.9. The number of aliphatic hydroxyl groups excluding tert-OH is 2. The van der Waals surface area contributed by atoms with E-state index in [9.17, 15) is 15.3 Å². The van der Waals surface area contributed by atoms with E-state index in [0.717, 1.165) is 31.3 Å². The van der Waals surface area contributed by atoms with Crippen LogP contribution in [0.25, 0.3) is 0 Å². The van der Waals surface area contributed by atoms with Crippen molar-refractivity contribution >= 4 is 0 Å². The molecule has 3 saturated carbocycles. The van der Waals surface area contributed by atoms with Crippen molar-refractivity contribution in [3.8, 4) is 0 Å². The van der Waals surface area contributed by atoms with Crippen molar-refractivity contribution in [3.05, 3.63) is 47.6 Å². The van der Waals surface area contributed by atoms with E-state index in [2.05, 4.69) is 32.2 Å². The first kappa shape index (κ1) is 23.5. The first-order valence-corrected chi connectivity index (χ1v) is 11.8. The highest BCUT2D eigenvalue weighted by Crippen LogP contribution is 2.59. The lowest BCUT2D eigenvalue weighted by atomic mass is 9.62. The highest BCUT2D eigenvalue weighted by Gasteiger charge is 2.49. The van der Waals surface area contributed by atoms with E-state index >= 15 is 0 Å². The monoisotopic (exact) mass is 414 g/mol.